The minimum absolute atomic E-state index is 0.0553. The summed E-state index contributed by atoms with van der Waals surface area (Å²) in [6, 6.07) is 14.4. The van der Waals surface area contributed by atoms with E-state index in [2.05, 4.69) is 0 Å². The summed E-state index contributed by atoms with van der Waals surface area (Å²) in [4.78, 5) is 12.1. The lowest BCUT2D eigenvalue weighted by Crippen LogP contribution is -2.08. The van der Waals surface area contributed by atoms with Crippen molar-refractivity contribution in [3.8, 4) is 11.5 Å². The average molecular weight is 291 g/mol. The number of para-hydroxylation sites is 1. The van der Waals surface area contributed by atoms with Gasteiger partial charge in [-0.1, -0.05) is 29.8 Å². The topological polar surface area (TPSA) is 35.5 Å². The van der Waals surface area contributed by atoms with E-state index in [1.54, 1.807) is 18.2 Å². The number of benzene rings is 2. The van der Waals surface area contributed by atoms with Gasteiger partial charge >= 0.3 is 0 Å². The first-order valence-corrected chi connectivity index (χ1v) is 6.63. The molecule has 0 spiro atoms. The van der Waals surface area contributed by atoms with E-state index in [1.165, 1.54) is 7.11 Å². The van der Waals surface area contributed by atoms with Crippen LogP contribution in [0, 0.1) is 0 Å². The second-order valence-corrected chi connectivity index (χ2v) is 4.62. The summed E-state index contributed by atoms with van der Waals surface area (Å²) in [6.45, 7) is 0.318. The summed E-state index contributed by atoms with van der Waals surface area (Å²) in [6.07, 6.45) is 0.269. The van der Waals surface area contributed by atoms with Crippen molar-refractivity contribution in [2.75, 3.05) is 13.7 Å². The molecule has 0 radical (unpaired) electrons. The molecule has 3 nitrogen and oxygen atoms in total. The van der Waals surface area contributed by atoms with Crippen LogP contribution >= 0.6 is 11.6 Å². The van der Waals surface area contributed by atoms with Crippen molar-refractivity contribution in [2.24, 2.45) is 0 Å². The van der Waals surface area contributed by atoms with Crippen molar-refractivity contribution in [1.29, 1.82) is 0 Å². The van der Waals surface area contributed by atoms with Gasteiger partial charge in [-0.05, 0) is 30.3 Å². The largest absolute Gasteiger partial charge is 0.496 e. The zero-order valence-electron chi connectivity index (χ0n) is 11.1. The molecular weight excluding hydrogens is 276 g/mol. The highest BCUT2D eigenvalue weighted by molar-refractivity contribution is 6.31. The van der Waals surface area contributed by atoms with Crippen LogP contribution in [0.5, 0.6) is 11.5 Å². The molecule has 0 heterocycles. The number of Topliss-reactive ketones (excluding diaryl/α,β-unsaturated/α-hetero) is 1. The fourth-order valence-corrected chi connectivity index (χ4v) is 1.98. The van der Waals surface area contributed by atoms with Crippen molar-refractivity contribution in [2.45, 2.75) is 6.42 Å². The molecule has 2 aromatic rings. The Morgan fingerprint density at radius 3 is 2.60 bits per heavy atom. The van der Waals surface area contributed by atoms with Crippen LogP contribution in [0.2, 0.25) is 5.02 Å². The van der Waals surface area contributed by atoms with Gasteiger partial charge in [-0.15, -0.1) is 0 Å². The Morgan fingerprint density at radius 1 is 1.15 bits per heavy atom. The molecular formula is C16H15ClO3. The molecule has 0 atom stereocenters. The monoisotopic (exact) mass is 290 g/mol. The molecule has 2 rings (SSSR count). The molecule has 4 heteroatoms. The molecule has 0 bridgehead atoms. The van der Waals surface area contributed by atoms with Crippen molar-refractivity contribution >= 4 is 17.4 Å². The molecule has 0 saturated heterocycles. The average Bonchev–Trinajstić information content (AvgIpc) is 2.48. The molecule has 0 amide bonds. The fraction of sp³-hybridized carbons (Fsp3) is 0.188. The number of ketones is 1. The molecule has 2 aromatic carbocycles. The minimum atomic E-state index is -0.0553. The number of carbonyl (C=O) groups is 1. The highest BCUT2D eigenvalue weighted by Crippen LogP contribution is 2.24. The summed E-state index contributed by atoms with van der Waals surface area (Å²) in [7, 11) is 1.53. The Morgan fingerprint density at radius 2 is 1.90 bits per heavy atom. The maximum absolute atomic E-state index is 12.1. The predicted octanol–water partition coefficient (Wildman–Crippen LogP) is 4.00. The highest BCUT2D eigenvalue weighted by Gasteiger charge is 2.13. The van der Waals surface area contributed by atoms with Crippen molar-refractivity contribution in [3.63, 3.8) is 0 Å². The van der Waals surface area contributed by atoms with Gasteiger partial charge in [0.25, 0.3) is 0 Å². The van der Waals surface area contributed by atoms with Gasteiger partial charge in [0.2, 0.25) is 0 Å². The summed E-state index contributed by atoms with van der Waals surface area (Å²) in [5.74, 6) is 1.22. The van der Waals surface area contributed by atoms with E-state index in [1.807, 2.05) is 30.3 Å². The second kappa shape index (κ2) is 6.96. The van der Waals surface area contributed by atoms with E-state index in [0.717, 1.165) is 5.75 Å². The normalized spacial score (nSPS) is 10.1. The van der Waals surface area contributed by atoms with Gasteiger partial charge < -0.3 is 9.47 Å². The number of ether oxygens (including phenoxy) is 2. The number of hydrogen-bond acceptors (Lipinski definition) is 3. The van der Waals surface area contributed by atoms with Gasteiger partial charge in [0.15, 0.2) is 5.78 Å². The maximum atomic E-state index is 12.1. The van der Waals surface area contributed by atoms with Crippen LogP contribution in [-0.2, 0) is 0 Å². The lowest BCUT2D eigenvalue weighted by Gasteiger charge is -2.09. The zero-order chi connectivity index (χ0) is 14.4. The first kappa shape index (κ1) is 14.4. The summed E-state index contributed by atoms with van der Waals surface area (Å²) in [5.41, 5.74) is 0.483. The number of hydrogen-bond donors (Lipinski definition) is 0. The van der Waals surface area contributed by atoms with Crippen LogP contribution in [0.1, 0.15) is 16.8 Å². The zero-order valence-corrected chi connectivity index (χ0v) is 11.9. The number of halogens is 1. The van der Waals surface area contributed by atoms with E-state index in [9.17, 15) is 4.79 Å². The van der Waals surface area contributed by atoms with Crippen LogP contribution in [0.4, 0.5) is 0 Å². The number of carbonyl (C=O) groups excluding carboxylic acids is 1. The number of rotatable bonds is 6. The van der Waals surface area contributed by atoms with Gasteiger partial charge in [0.05, 0.1) is 19.3 Å². The van der Waals surface area contributed by atoms with E-state index in [4.69, 9.17) is 21.1 Å². The first-order chi connectivity index (χ1) is 9.70. The minimum Gasteiger partial charge on any atom is -0.496 e. The Balaban J connectivity index is 1.97. The third-order valence-corrected chi connectivity index (χ3v) is 3.04. The maximum Gasteiger partial charge on any atom is 0.170 e. The molecule has 0 aromatic heterocycles. The van der Waals surface area contributed by atoms with Gasteiger partial charge in [0, 0.05) is 11.4 Å². The molecule has 0 fully saturated rings. The molecule has 0 aliphatic heterocycles. The molecule has 0 aliphatic rings. The van der Waals surface area contributed by atoms with Crippen molar-refractivity contribution in [3.05, 3.63) is 59.1 Å². The second-order valence-electron chi connectivity index (χ2n) is 4.18. The Labute approximate surface area is 123 Å². The van der Waals surface area contributed by atoms with Crippen LogP contribution in [0.3, 0.4) is 0 Å². The fourth-order valence-electron chi connectivity index (χ4n) is 1.81. The molecule has 104 valence electrons. The van der Waals surface area contributed by atoms with Gasteiger partial charge in [-0.25, -0.2) is 0 Å². The Hall–Kier alpha value is -2.00. The lowest BCUT2D eigenvalue weighted by atomic mass is 10.1. The standard InChI is InChI=1S/C16H15ClO3/c1-19-16-8-7-12(17)11-14(16)15(18)9-10-20-13-5-3-2-4-6-13/h2-8,11H,9-10H2,1H3. The van der Waals surface area contributed by atoms with E-state index in [0.29, 0.717) is 22.9 Å². The Bertz CT molecular complexity index is 582. The quantitative estimate of drug-likeness (QED) is 0.754. The van der Waals surface area contributed by atoms with Crippen molar-refractivity contribution in [1.82, 2.24) is 0 Å². The first-order valence-electron chi connectivity index (χ1n) is 6.25. The molecule has 0 N–H and O–H groups in total. The summed E-state index contributed by atoms with van der Waals surface area (Å²) < 4.78 is 10.7. The molecule has 0 aliphatic carbocycles. The predicted molar refractivity (Wildman–Crippen MR) is 78.9 cm³/mol. The van der Waals surface area contributed by atoms with Crippen LogP contribution in [0.15, 0.2) is 48.5 Å². The molecule has 0 saturated carbocycles. The van der Waals surface area contributed by atoms with Crippen LogP contribution in [0.25, 0.3) is 0 Å². The summed E-state index contributed by atoms with van der Waals surface area (Å²) in [5, 5.41) is 0.512. The highest BCUT2D eigenvalue weighted by atomic mass is 35.5. The summed E-state index contributed by atoms with van der Waals surface area (Å²) >= 11 is 5.91. The smallest absolute Gasteiger partial charge is 0.170 e. The van der Waals surface area contributed by atoms with E-state index in [-0.39, 0.29) is 12.2 Å². The third kappa shape index (κ3) is 3.75. The van der Waals surface area contributed by atoms with Gasteiger partial charge in [0.1, 0.15) is 11.5 Å². The van der Waals surface area contributed by atoms with Crippen LogP contribution in [-0.4, -0.2) is 19.5 Å². The number of methoxy groups -OCH3 is 1. The van der Waals surface area contributed by atoms with Crippen molar-refractivity contribution < 1.29 is 14.3 Å². The molecule has 0 unspecified atom stereocenters. The van der Waals surface area contributed by atoms with Gasteiger partial charge in [-0.3, -0.25) is 4.79 Å². The SMILES string of the molecule is COc1ccc(Cl)cc1C(=O)CCOc1ccccc1. The van der Waals surface area contributed by atoms with E-state index >= 15 is 0 Å². The Kier molecular flexibility index (Phi) is 5.02. The van der Waals surface area contributed by atoms with E-state index < -0.39 is 0 Å². The van der Waals surface area contributed by atoms with Crippen LogP contribution < -0.4 is 9.47 Å². The van der Waals surface area contributed by atoms with Gasteiger partial charge in [-0.2, -0.15) is 0 Å². The third-order valence-electron chi connectivity index (χ3n) is 2.80. The lowest BCUT2D eigenvalue weighted by molar-refractivity contribution is 0.0959. The molecule has 20 heavy (non-hydrogen) atoms.